The van der Waals surface area contributed by atoms with E-state index in [2.05, 4.69) is 18.7 Å². The highest BCUT2D eigenvalue weighted by Gasteiger charge is 2.23. The lowest BCUT2D eigenvalue weighted by Gasteiger charge is -2.33. The minimum Gasteiger partial charge on any atom is -0.399 e. The van der Waals surface area contributed by atoms with Crippen LogP contribution in [0.3, 0.4) is 0 Å². The zero-order chi connectivity index (χ0) is 15.2. The fourth-order valence-electron chi connectivity index (χ4n) is 3.31. The van der Waals surface area contributed by atoms with E-state index in [1.165, 1.54) is 12.8 Å². The smallest absolute Gasteiger partial charge is 0.222 e. The SMILES string of the molecule is CC(C)CC1CCCN(C(=O)CCc2ccccc2N)C1. The Morgan fingerprint density at radius 2 is 2.14 bits per heavy atom. The Morgan fingerprint density at radius 1 is 1.38 bits per heavy atom. The van der Waals surface area contributed by atoms with Gasteiger partial charge in [0.25, 0.3) is 0 Å². The van der Waals surface area contributed by atoms with Gasteiger partial charge in [-0.3, -0.25) is 4.79 Å². The van der Waals surface area contributed by atoms with Crippen LogP contribution in [0.1, 0.15) is 45.1 Å². The zero-order valence-electron chi connectivity index (χ0n) is 13.3. The number of likely N-dealkylation sites (tertiary alicyclic amines) is 1. The maximum atomic E-state index is 12.4. The molecule has 1 unspecified atom stereocenters. The number of piperidine rings is 1. The minimum absolute atomic E-state index is 0.284. The highest BCUT2D eigenvalue weighted by molar-refractivity contribution is 5.76. The number of nitrogen functional groups attached to an aromatic ring is 1. The summed E-state index contributed by atoms with van der Waals surface area (Å²) < 4.78 is 0. The predicted octanol–water partition coefficient (Wildman–Crippen LogP) is 3.49. The van der Waals surface area contributed by atoms with Crippen LogP contribution in [-0.2, 0) is 11.2 Å². The second-order valence-electron chi connectivity index (χ2n) is 6.68. The third kappa shape index (κ3) is 4.76. The third-order valence-electron chi connectivity index (χ3n) is 4.34. The largest absolute Gasteiger partial charge is 0.399 e. The second-order valence-corrected chi connectivity index (χ2v) is 6.68. The van der Waals surface area contributed by atoms with Crippen LogP contribution in [0, 0.1) is 11.8 Å². The van der Waals surface area contributed by atoms with E-state index in [4.69, 9.17) is 5.73 Å². The van der Waals surface area contributed by atoms with Gasteiger partial charge in [0.1, 0.15) is 0 Å². The van der Waals surface area contributed by atoms with Gasteiger partial charge >= 0.3 is 0 Å². The molecule has 1 saturated heterocycles. The molecule has 2 N–H and O–H groups in total. The highest BCUT2D eigenvalue weighted by atomic mass is 16.2. The van der Waals surface area contributed by atoms with Gasteiger partial charge in [-0.05, 0) is 49.1 Å². The average Bonchev–Trinajstić information content (AvgIpc) is 2.45. The van der Waals surface area contributed by atoms with Crippen LogP contribution in [-0.4, -0.2) is 23.9 Å². The monoisotopic (exact) mass is 288 g/mol. The molecule has 2 rings (SSSR count). The maximum Gasteiger partial charge on any atom is 0.222 e. The van der Waals surface area contributed by atoms with Crippen molar-refractivity contribution in [1.29, 1.82) is 0 Å². The van der Waals surface area contributed by atoms with Crippen molar-refractivity contribution in [3.8, 4) is 0 Å². The Hall–Kier alpha value is -1.51. The van der Waals surface area contributed by atoms with Crippen molar-refractivity contribution < 1.29 is 4.79 Å². The molecule has 0 aliphatic carbocycles. The quantitative estimate of drug-likeness (QED) is 0.843. The van der Waals surface area contributed by atoms with Crippen LogP contribution < -0.4 is 5.73 Å². The number of aryl methyl sites for hydroxylation is 1. The average molecular weight is 288 g/mol. The maximum absolute atomic E-state index is 12.4. The van der Waals surface area contributed by atoms with E-state index in [1.807, 2.05) is 24.3 Å². The molecule has 116 valence electrons. The molecule has 21 heavy (non-hydrogen) atoms. The molecule has 1 fully saturated rings. The first kappa shape index (κ1) is 15.9. The van der Waals surface area contributed by atoms with E-state index >= 15 is 0 Å². The summed E-state index contributed by atoms with van der Waals surface area (Å²) in [7, 11) is 0. The number of carbonyl (C=O) groups is 1. The van der Waals surface area contributed by atoms with Crippen LogP contribution >= 0.6 is 0 Å². The molecule has 3 nitrogen and oxygen atoms in total. The first-order valence-corrected chi connectivity index (χ1v) is 8.17. The molecular formula is C18H28N2O. The summed E-state index contributed by atoms with van der Waals surface area (Å²) in [5.74, 6) is 1.69. The lowest BCUT2D eigenvalue weighted by molar-refractivity contribution is -0.133. The first-order valence-electron chi connectivity index (χ1n) is 8.17. The molecule has 0 radical (unpaired) electrons. The lowest BCUT2D eigenvalue weighted by atomic mass is 9.89. The number of benzene rings is 1. The van der Waals surface area contributed by atoms with Gasteiger partial charge in [0.15, 0.2) is 0 Å². The van der Waals surface area contributed by atoms with Gasteiger partial charge in [0.05, 0.1) is 0 Å². The van der Waals surface area contributed by atoms with Crippen LogP contribution in [0.2, 0.25) is 0 Å². The van der Waals surface area contributed by atoms with Crippen LogP contribution in [0.5, 0.6) is 0 Å². The standard InChI is InChI=1S/C18H28N2O/c1-14(2)12-15-6-5-11-20(13-15)18(21)10-9-16-7-3-4-8-17(16)19/h3-4,7-8,14-15H,5-6,9-13,19H2,1-2H3. The van der Waals surface area contributed by atoms with E-state index in [9.17, 15) is 4.79 Å². The summed E-state index contributed by atoms with van der Waals surface area (Å²) in [5.41, 5.74) is 7.82. The van der Waals surface area contributed by atoms with Gasteiger partial charge in [-0.1, -0.05) is 32.0 Å². The Bertz CT molecular complexity index is 470. The predicted molar refractivity (Wildman–Crippen MR) is 87.9 cm³/mol. The minimum atomic E-state index is 0.284. The number of anilines is 1. The van der Waals surface area contributed by atoms with E-state index < -0.39 is 0 Å². The number of hydrogen-bond donors (Lipinski definition) is 1. The molecule has 1 aliphatic rings. The summed E-state index contributed by atoms with van der Waals surface area (Å²) >= 11 is 0. The normalized spacial score (nSPS) is 19.0. The molecule has 0 spiro atoms. The topological polar surface area (TPSA) is 46.3 Å². The van der Waals surface area contributed by atoms with Gasteiger partial charge in [-0.25, -0.2) is 0 Å². The van der Waals surface area contributed by atoms with Crippen molar-refractivity contribution in [1.82, 2.24) is 4.90 Å². The summed E-state index contributed by atoms with van der Waals surface area (Å²) in [6.45, 7) is 6.40. The number of nitrogens with two attached hydrogens (primary N) is 1. The molecule has 3 heteroatoms. The van der Waals surface area contributed by atoms with E-state index in [1.54, 1.807) is 0 Å². The van der Waals surface area contributed by atoms with Gasteiger partial charge in [0.2, 0.25) is 5.91 Å². The molecule has 1 amide bonds. The Morgan fingerprint density at radius 3 is 2.86 bits per heavy atom. The van der Waals surface area contributed by atoms with Gasteiger partial charge in [-0.2, -0.15) is 0 Å². The van der Waals surface area contributed by atoms with Crippen molar-refractivity contribution in [3.63, 3.8) is 0 Å². The number of para-hydroxylation sites is 1. The van der Waals surface area contributed by atoms with Crippen molar-refractivity contribution in [2.24, 2.45) is 11.8 Å². The molecule has 1 aromatic carbocycles. The molecule has 1 heterocycles. The van der Waals surface area contributed by atoms with Crippen LogP contribution in [0.25, 0.3) is 0 Å². The third-order valence-corrected chi connectivity index (χ3v) is 4.34. The Labute approximate surface area is 128 Å². The molecule has 0 bridgehead atoms. The number of nitrogens with zero attached hydrogens (tertiary/aromatic N) is 1. The fraction of sp³-hybridized carbons (Fsp3) is 0.611. The summed E-state index contributed by atoms with van der Waals surface area (Å²) in [5, 5.41) is 0. The molecule has 0 saturated carbocycles. The summed E-state index contributed by atoms with van der Waals surface area (Å²) in [4.78, 5) is 14.5. The number of amides is 1. The molecule has 1 aromatic rings. The van der Waals surface area contributed by atoms with Crippen molar-refractivity contribution in [2.45, 2.75) is 46.0 Å². The van der Waals surface area contributed by atoms with Crippen LogP contribution in [0.4, 0.5) is 5.69 Å². The van der Waals surface area contributed by atoms with Crippen molar-refractivity contribution in [2.75, 3.05) is 18.8 Å². The van der Waals surface area contributed by atoms with Gasteiger partial charge in [-0.15, -0.1) is 0 Å². The molecule has 1 aliphatic heterocycles. The lowest BCUT2D eigenvalue weighted by Crippen LogP contribution is -2.40. The Balaban J connectivity index is 1.84. The van der Waals surface area contributed by atoms with Gasteiger partial charge in [0, 0.05) is 25.2 Å². The number of rotatable bonds is 5. The van der Waals surface area contributed by atoms with Crippen molar-refractivity contribution >= 4 is 11.6 Å². The van der Waals surface area contributed by atoms with E-state index in [0.717, 1.165) is 37.2 Å². The molecular weight excluding hydrogens is 260 g/mol. The second kappa shape index (κ2) is 7.48. The highest BCUT2D eigenvalue weighted by Crippen LogP contribution is 2.24. The van der Waals surface area contributed by atoms with Crippen LogP contribution in [0.15, 0.2) is 24.3 Å². The fourth-order valence-corrected chi connectivity index (χ4v) is 3.31. The van der Waals surface area contributed by atoms with Crippen molar-refractivity contribution in [3.05, 3.63) is 29.8 Å². The molecule has 0 aromatic heterocycles. The zero-order valence-corrected chi connectivity index (χ0v) is 13.3. The molecule has 1 atom stereocenters. The number of carbonyl (C=O) groups excluding carboxylic acids is 1. The summed E-state index contributed by atoms with van der Waals surface area (Å²) in [6.07, 6.45) is 4.97. The Kier molecular flexibility index (Phi) is 5.66. The van der Waals surface area contributed by atoms with E-state index in [0.29, 0.717) is 18.3 Å². The summed E-state index contributed by atoms with van der Waals surface area (Å²) in [6, 6.07) is 7.83. The first-order chi connectivity index (χ1) is 10.1. The van der Waals surface area contributed by atoms with Gasteiger partial charge < -0.3 is 10.6 Å². The van der Waals surface area contributed by atoms with E-state index in [-0.39, 0.29) is 5.91 Å². The number of hydrogen-bond acceptors (Lipinski definition) is 2.